The van der Waals surface area contributed by atoms with Gasteiger partial charge in [0.05, 0.1) is 16.7 Å². The standard InChI is InChI=1S/C22H24N6O4S/c1-13(2)19(24-21(30)15-7-5-9-17(11-15)28(31)32)20-25-22(27-26-20)33-12-18(29)23-16-8-4-6-14(3)10-16/h4-11,13,19H,12H2,1-3H3,(H,23,29)(H,24,30)(H,25,26,27)/t19-/m1/s1. The lowest BCUT2D eigenvalue weighted by Crippen LogP contribution is -2.32. The number of carbonyl (C=O) groups excluding carboxylic acids is 2. The second-order valence-electron chi connectivity index (χ2n) is 7.71. The molecule has 172 valence electrons. The van der Waals surface area contributed by atoms with E-state index >= 15 is 0 Å². The number of benzene rings is 2. The first-order valence-electron chi connectivity index (χ1n) is 10.2. The number of nitrogens with zero attached hydrogens (tertiary/aromatic N) is 3. The molecule has 2 amide bonds. The Morgan fingerprint density at radius 2 is 1.94 bits per heavy atom. The molecule has 0 saturated carbocycles. The number of non-ortho nitro benzene ring substituents is 1. The third-order valence-electron chi connectivity index (χ3n) is 4.68. The minimum atomic E-state index is -0.550. The van der Waals surface area contributed by atoms with Crippen molar-refractivity contribution in [3.05, 3.63) is 75.6 Å². The van der Waals surface area contributed by atoms with Crippen LogP contribution in [0.1, 0.15) is 41.6 Å². The molecule has 10 nitrogen and oxygen atoms in total. The van der Waals surface area contributed by atoms with Crippen molar-refractivity contribution >= 4 is 35.0 Å². The summed E-state index contributed by atoms with van der Waals surface area (Å²) in [6.45, 7) is 5.76. The summed E-state index contributed by atoms with van der Waals surface area (Å²) in [5.41, 5.74) is 1.79. The largest absolute Gasteiger partial charge is 0.342 e. The highest BCUT2D eigenvalue weighted by Gasteiger charge is 2.24. The third-order valence-corrected chi connectivity index (χ3v) is 5.53. The molecule has 11 heteroatoms. The number of anilines is 1. The van der Waals surface area contributed by atoms with Gasteiger partial charge in [0, 0.05) is 23.4 Å². The Labute approximate surface area is 194 Å². The van der Waals surface area contributed by atoms with Gasteiger partial charge in [0.25, 0.3) is 11.6 Å². The Kier molecular flexibility index (Phi) is 7.78. The van der Waals surface area contributed by atoms with Crippen LogP contribution in [0.3, 0.4) is 0 Å². The molecule has 0 saturated heterocycles. The van der Waals surface area contributed by atoms with Gasteiger partial charge in [0.15, 0.2) is 0 Å². The molecule has 3 N–H and O–H groups in total. The fourth-order valence-electron chi connectivity index (χ4n) is 3.05. The van der Waals surface area contributed by atoms with E-state index in [1.165, 1.54) is 36.0 Å². The molecule has 1 atom stereocenters. The maximum absolute atomic E-state index is 12.7. The summed E-state index contributed by atoms with van der Waals surface area (Å²) in [7, 11) is 0. The Morgan fingerprint density at radius 3 is 2.64 bits per heavy atom. The minimum Gasteiger partial charge on any atom is -0.342 e. The zero-order chi connectivity index (χ0) is 24.0. The van der Waals surface area contributed by atoms with Gasteiger partial charge >= 0.3 is 0 Å². The first-order valence-corrected chi connectivity index (χ1v) is 11.2. The van der Waals surface area contributed by atoms with Crippen LogP contribution in [-0.2, 0) is 4.79 Å². The molecule has 0 bridgehead atoms. The van der Waals surface area contributed by atoms with Crippen LogP contribution < -0.4 is 10.6 Å². The van der Waals surface area contributed by atoms with Crippen LogP contribution >= 0.6 is 11.8 Å². The molecule has 33 heavy (non-hydrogen) atoms. The first-order chi connectivity index (χ1) is 15.7. The zero-order valence-corrected chi connectivity index (χ0v) is 19.2. The lowest BCUT2D eigenvalue weighted by atomic mass is 10.0. The van der Waals surface area contributed by atoms with Crippen molar-refractivity contribution in [2.24, 2.45) is 5.92 Å². The van der Waals surface area contributed by atoms with Crippen molar-refractivity contribution in [3.8, 4) is 0 Å². The van der Waals surface area contributed by atoms with Crippen LogP contribution in [0.25, 0.3) is 0 Å². The normalized spacial score (nSPS) is 11.8. The number of rotatable bonds is 9. The number of nitrogens with one attached hydrogen (secondary N) is 3. The highest BCUT2D eigenvalue weighted by molar-refractivity contribution is 7.99. The number of nitro groups is 1. The molecule has 0 aliphatic rings. The number of amides is 2. The van der Waals surface area contributed by atoms with Gasteiger partial charge in [0.1, 0.15) is 5.82 Å². The SMILES string of the molecule is Cc1cccc(NC(=O)CSc2n[nH]c([C@H](NC(=O)c3cccc([N+](=O)[O-])c3)C(C)C)n2)c1. The molecular formula is C22H24N6O4S. The number of thioether (sulfide) groups is 1. The monoisotopic (exact) mass is 468 g/mol. The van der Waals surface area contributed by atoms with E-state index in [1.807, 2.05) is 45.0 Å². The number of carbonyl (C=O) groups is 2. The average Bonchev–Trinajstić information content (AvgIpc) is 3.24. The Hall–Kier alpha value is -3.73. The number of aromatic amines is 1. The van der Waals surface area contributed by atoms with E-state index in [-0.39, 0.29) is 28.8 Å². The van der Waals surface area contributed by atoms with Gasteiger partial charge in [0.2, 0.25) is 11.1 Å². The smallest absolute Gasteiger partial charge is 0.270 e. The second-order valence-corrected chi connectivity index (χ2v) is 8.65. The summed E-state index contributed by atoms with van der Waals surface area (Å²) >= 11 is 1.17. The maximum atomic E-state index is 12.7. The number of H-pyrrole nitrogens is 1. The molecule has 3 rings (SSSR count). The summed E-state index contributed by atoms with van der Waals surface area (Å²) in [6, 6.07) is 12.5. The molecule has 1 heterocycles. The van der Waals surface area contributed by atoms with Crippen LogP contribution in [0.4, 0.5) is 11.4 Å². The maximum Gasteiger partial charge on any atom is 0.270 e. The highest BCUT2D eigenvalue weighted by Crippen LogP contribution is 2.23. The number of nitro benzene ring substituents is 1. The van der Waals surface area contributed by atoms with E-state index in [9.17, 15) is 19.7 Å². The summed E-state index contributed by atoms with van der Waals surface area (Å²) < 4.78 is 0. The summed E-state index contributed by atoms with van der Waals surface area (Å²) in [5.74, 6) is -0.122. The minimum absolute atomic E-state index is 0.0388. The van der Waals surface area contributed by atoms with E-state index < -0.39 is 16.9 Å². The van der Waals surface area contributed by atoms with E-state index in [2.05, 4.69) is 25.8 Å². The molecule has 0 radical (unpaired) electrons. The molecule has 1 aromatic heterocycles. The summed E-state index contributed by atoms with van der Waals surface area (Å²) in [5, 5.41) is 24.0. The number of aryl methyl sites for hydroxylation is 1. The van der Waals surface area contributed by atoms with E-state index in [1.54, 1.807) is 0 Å². The second kappa shape index (κ2) is 10.7. The lowest BCUT2D eigenvalue weighted by Gasteiger charge is -2.19. The van der Waals surface area contributed by atoms with Gasteiger partial charge in [-0.15, -0.1) is 5.10 Å². The average molecular weight is 469 g/mol. The molecule has 3 aromatic rings. The summed E-state index contributed by atoms with van der Waals surface area (Å²) in [6.07, 6.45) is 0. The first kappa shape index (κ1) is 23.9. The fourth-order valence-corrected chi connectivity index (χ4v) is 3.65. The molecule has 0 aliphatic heterocycles. The van der Waals surface area contributed by atoms with Gasteiger partial charge in [-0.2, -0.15) is 0 Å². The van der Waals surface area contributed by atoms with Crippen LogP contribution in [0, 0.1) is 23.0 Å². The Balaban J connectivity index is 1.62. The van der Waals surface area contributed by atoms with Crippen molar-refractivity contribution in [1.82, 2.24) is 20.5 Å². The van der Waals surface area contributed by atoms with Crippen molar-refractivity contribution < 1.29 is 14.5 Å². The number of hydrogen-bond donors (Lipinski definition) is 3. The van der Waals surface area contributed by atoms with Gasteiger partial charge in [-0.3, -0.25) is 24.8 Å². The predicted molar refractivity (Wildman–Crippen MR) is 125 cm³/mol. The van der Waals surface area contributed by atoms with Gasteiger partial charge in [-0.25, -0.2) is 4.98 Å². The van der Waals surface area contributed by atoms with Crippen LogP contribution in [0.15, 0.2) is 53.7 Å². The molecule has 0 unspecified atom stereocenters. The van der Waals surface area contributed by atoms with E-state index in [4.69, 9.17) is 0 Å². The molecule has 0 fully saturated rings. The number of hydrogen-bond acceptors (Lipinski definition) is 7. The highest BCUT2D eigenvalue weighted by atomic mass is 32.2. The topological polar surface area (TPSA) is 143 Å². The number of aromatic nitrogens is 3. The van der Waals surface area contributed by atoms with Gasteiger partial charge in [-0.1, -0.05) is 43.8 Å². The van der Waals surface area contributed by atoms with Crippen LogP contribution in [0.5, 0.6) is 0 Å². The van der Waals surface area contributed by atoms with Crippen LogP contribution in [0.2, 0.25) is 0 Å². The fraction of sp³-hybridized carbons (Fsp3) is 0.273. The molecule has 0 aliphatic carbocycles. The molecule has 0 spiro atoms. The third kappa shape index (κ3) is 6.62. The molecular weight excluding hydrogens is 444 g/mol. The van der Waals surface area contributed by atoms with Crippen molar-refractivity contribution in [1.29, 1.82) is 0 Å². The lowest BCUT2D eigenvalue weighted by molar-refractivity contribution is -0.384. The Bertz CT molecular complexity index is 1160. The molecule has 2 aromatic carbocycles. The van der Waals surface area contributed by atoms with Crippen LogP contribution in [-0.4, -0.2) is 37.7 Å². The Morgan fingerprint density at radius 1 is 1.18 bits per heavy atom. The van der Waals surface area contributed by atoms with Crippen molar-refractivity contribution in [3.63, 3.8) is 0 Å². The van der Waals surface area contributed by atoms with Crippen molar-refractivity contribution in [2.75, 3.05) is 11.1 Å². The van der Waals surface area contributed by atoms with E-state index in [0.29, 0.717) is 11.0 Å². The quantitative estimate of drug-likeness (QED) is 0.246. The van der Waals surface area contributed by atoms with Crippen molar-refractivity contribution in [2.45, 2.75) is 32.0 Å². The predicted octanol–water partition coefficient (Wildman–Crippen LogP) is 3.88. The zero-order valence-electron chi connectivity index (χ0n) is 18.4. The summed E-state index contributed by atoms with van der Waals surface area (Å²) in [4.78, 5) is 39.7. The van der Waals surface area contributed by atoms with Gasteiger partial charge < -0.3 is 10.6 Å². The van der Waals surface area contributed by atoms with Gasteiger partial charge in [-0.05, 0) is 36.6 Å². The van der Waals surface area contributed by atoms with E-state index in [0.717, 1.165) is 11.3 Å².